The summed E-state index contributed by atoms with van der Waals surface area (Å²) in [6, 6.07) is 19.1. The number of nitrogens with zero attached hydrogens (tertiary/aromatic N) is 4. The van der Waals surface area contributed by atoms with Crippen LogP contribution in [0.25, 0.3) is 22.3 Å². The minimum atomic E-state index is 0.0376. The molecular weight excluding hydrogens is 426 g/mol. The molecular formula is C27H27N5O2. The number of rotatable bonds is 6. The molecule has 1 aliphatic rings. The number of carbonyl (C=O) groups is 1. The summed E-state index contributed by atoms with van der Waals surface area (Å²) in [5.41, 5.74) is 3.47. The number of nitrogens with one attached hydrogen (secondary N) is 1. The third kappa shape index (κ3) is 4.69. The van der Waals surface area contributed by atoms with E-state index in [1.807, 2.05) is 49.4 Å². The zero-order valence-electron chi connectivity index (χ0n) is 19.1. The Morgan fingerprint density at radius 1 is 1.12 bits per heavy atom. The number of aromatic hydroxyl groups is 1. The highest BCUT2D eigenvalue weighted by molar-refractivity contribution is 5.92. The Morgan fingerprint density at radius 2 is 1.97 bits per heavy atom. The first kappa shape index (κ1) is 21.8. The van der Waals surface area contributed by atoms with E-state index in [2.05, 4.69) is 21.3 Å². The number of pyridine rings is 1. The van der Waals surface area contributed by atoms with E-state index in [-0.39, 0.29) is 17.7 Å². The molecule has 34 heavy (non-hydrogen) atoms. The average molecular weight is 454 g/mol. The number of phenols is 1. The third-order valence-corrected chi connectivity index (χ3v) is 6.16. The quantitative estimate of drug-likeness (QED) is 0.458. The number of amides is 1. The molecule has 4 aromatic rings. The van der Waals surface area contributed by atoms with E-state index in [0.717, 1.165) is 40.9 Å². The van der Waals surface area contributed by atoms with Crippen LogP contribution in [0.4, 0.5) is 5.82 Å². The van der Waals surface area contributed by atoms with Crippen LogP contribution in [-0.4, -0.2) is 45.1 Å². The molecule has 0 radical (unpaired) electrons. The average Bonchev–Trinajstić information content (AvgIpc) is 3.31. The third-order valence-electron chi connectivity index (χ3n) is 6.16. The van der Waals surface area contributed by atoms with Crippen molar-refractivity contribution >= 4 is 22.6 Å². The minimum Gasteiger partial charge on any atom is -0.507 e. The van der Waals surface area contributed by atoms with Crippen molar-refractivity contribution in [1.82, 2.24) is 20.3 Å². The number of phenolic OH excluding ortho intramolecular Hbond substituents is 1. The molecule has 1 fully saturated rings. The molecule has 3 heterocycles. The maximum absolute atomic E-state index is 12.5. The second kappa shape index (κ2) is 9.47. The predicted octanol–water partition coefficient (Wildman–Crippen LogP) is 4.03. The lowest BCUT2D eigenvalue weighted by atomic mass is 10.1. The second-order valence-corrected chi connectivity index (χ2v) is 8.73. The van der Waals surface area contributed by atoms with Crippen molar-refractivity contribution in [3.05, 3.63) is 78.1 Å². The zero-order valence-corrected chi connectivity index (χ0v) is 19.1. The van der Waals surface area contributed by atoms with Crippen molar-refractivity contribution in [1.29, 1.82) is 0 Å². The van der Waals surface area contributed by atoms with Gasteiger partial charge in [-0.05, 0) is 61.7 Å². The lowest BCUT2D eigenvalue weighted by Gasteiger charge is -2.21. The Bertz CT molecular complexity index is 1330. The van der Waals surface area contributed by atoms with Crippen molar-refractivity contribution in [2.75, 3.05) is 18.0 Å². The summed E-state index contributed by atoms with van der Waals surface area (Å²) in [7, 11) is 0. The monoisotopic (exact) mass is 453 g/mol. The SMILES string of the molecule is Cc1ccc2c(N3CC[C@@H](NC(=O)CCc4ccccn4)C3)nc(-c3ccccc3O)nc2c1. The lowest BCUT2D eigenvalue weighted by molar-refractivity contribution is -0.121. The van der Waals surface area contributed by atoms with Crippen LogP contribution in [0.5, 0.6) is 5.75 Å². The summed E-state index contributed by atoms with van der Waals surface area (Å²) in [5, 5.41) is 14.5. The molecule has 172 valence electrons. The van der Waals surface area contributed by atoms with Crippen LogP contribution in [-0.2, 0) is 11.2 Å². The second-order valence-electron chi connectivity index (χ2n) is 8.73. The number of para-hydroxylation sites is 1. The lowest BCUT2D eigenvalue weighted by Crippen LogP contribution is -2.37. The molecule has 0 bridgehead atoms. The molecule has 2 N–H and O–H groups in total. The molecule has 1 atom stereocenters. The summed E-state index contributed by atoms with van der Waals surface area (Å²) in [6.07, 6.45) is 3.64. The van der Waals surface area contributed by atoms with Gasteiger partial charge in [0, 0.05) is 42.8 Å². The normalized spacial score (nSPS) is 15.6. The van der Waals surface area contributed by atoms with Gasteiger partial charge in [0.25, 0.3) is 0 Å². The summed E-state index contributed by atoms with van der Waals surface area (Å²) < 4.78 is 0. The van der Waals surface area contributed by atoms with E-state index in [1.165, 1.54) is 0 Å². The fraction of sp³-hybridized carbons (Fsp3) is 0.259. The van der Waals surface area contributed by atoms with E-state index >= 15 is 0 Å². The largest absolute Gasteiger partial charge is 0.507 e. The van der Waals surface area contributed by atoms with Crippen molar-refractivity contribution < 1.29 is 9.90 Å². The molecule has 0 saturated carbocycles. The van der Waals surface area contributed by atoms with E-state index in [0.29, 0.717) is 30.8 Å². The number of hydrogen-bond acceptors (Lipinski definition) is 6. The van der Waals surface area contributed by atoms with Crippen LogP contribution in [0.2, 0.25) is 0 Å². The molecule has 1 saturated heterocycles. The molecule has 2 aromatic carbocycles. The summed E-state index contributed by atoms with van der Waals surface area (Å²) in [4.78, 5) is 28.6. The minimum absolute atomic E-state index is 0.0376. The predicted molar refractivity (Wildman–Crippen MR) is 133 cm³/mol. The maximum atomic E-state index is 12.5. The molecule has 7 nitrogen and oxygen atoms in total. The molecule has 0 aliphatic carbocycles. The number of carbonyl (C=O) groups excluding carboxylic acids is 1. The van der Waals surface area contributed by atoms with Crippen LogP contribution in [0.15, 0.2) is 66.9 Å². The van der Waals surface area contributed by atoms with Crippen LogP contribution in [0.3, 0.4) is 0 Å². The highest BCUT2D eigenvalue weighted by atomic mass is 16.3. The number of aromatic nitrogens is 3. The van der Waals surface area contributed by atoms with Gasteiger partial charge in [0.15, 0.2) is 5.82 Å². The summed E-state index contributed by atoms with van der Waals surface area (Å²) in [5.74, 6) is 1.51. The first-order valence-electron chi connectivity index (χ1n) is 11.6. The van der Waals surface area contributed by atoms with Crippen LogP contribution >= 0.6 is 0 Å². The van der Waals surface area contributed by atoms with Gasteiger partial charge in [-0.1, -0.05) is 24.3 Å². The number of anilines is 1. The standard InChI is InChI=1S/C27H27N5O2/c1-18-9-11-21-23(16-18)30-26(22-7-2-3-8-24(22)33)31-27(21)32-15-13-20(17-32)29-25(34)12-10-19-6-4-5-14-28-19/h2-9,11,14,16,20,33H,10,12-13,15,17H2,1H3,(H,29,34)/t20-/m1/s1. The highest BCUT2D eigenvalue weighted by Crippen LogP contribution is 2.33. The smallest absolute Gasteiger partial charge is 0.220 e. The van der Waals surface area contributed by atoms with Gasteiger partial charge in [-0.25, -0.2) is 9.97 Å². The fourth-order valence-corrected chi connectivity index (χ4v) is 4.41. The van der Waals surface area contributed by atoms with Crippen molar-refractivity contribution in [3.63, 3.8) is 0 Å². The molecule has 1 amide bonds. The molecule has 0 unspecified atom stereocenters. The van der Waals surface area contributed by atoms with E-state index in [9.17, 15) is 9.90 Å². The topological polar surface area (TPSA) is 91.2 Å². The first-order chi connectivity index (χ1) is 16.6. The Labute approximate surface area is 198 Å². The highest BCUT2D eigenvalue weighted by Gasteiger charge is 2.27. The molecule has 5 rings (SSSR count). The van der Waals surface area contributed by atoms with Gasteiger partial charge in [-0.3, -0.25) is 9.78 Å². The van der Waals surface area contributed by atoms with Crippen molar-refractivity contribution in [2.24, 2.45) is 0 Å². The molecule has 1 aliphatic heterocycles. The summed E-state index contributed by atoms with van der Waals surface area (Å²) >= 11 is 0. The van der Waals surface area contributed by atoms with Crippen LogP contribution < -0.4 is 10.2 Å². The van der Waals surface area contributed by atoms with Gasteiger partial charge in [0.05, 0.1) is 11.1 Å². The van der Waals surface area contributed by atoms with Crippen molar-refractivity contribution in [3.8, 4) is 17.1 Å². The van der Waals surface area contributed by atoms with Crippen molar-refractivity contribution in [2.45, 2.75) is 32.2 Å². The number of hydrogen-bond donors (Lipinski definition) is 2. The van der Waals surface area contributed by atoms with E-state index in [1.54, 1.807) is 18.3 Å². The van der Waals surface area contributed by atoms with Crippen LogP contribution in [0, 0.1) is 6.92 Å². The molecule has 2 aromatic heterocycles. The summed E-state index contributed by atoms with van der Waals surface area (Å²) in [6.45, 7) is 3.49. The van der Waals surface area contributed by atoms with E-state index < -0.39 is 0 Å². The fourth-order valence-electron chi connectivity index (χ4n) is 4.41. The number of aryl methyl sites for hydroxylation is 2. The van der Waals surface area contributed by atoms with Gasteiger partial charge in [0.2, 0.25) is 5.91 Å². The Balaban J connectivity index is 1.35. The molecule has 7 heteroatoms. The Morgan fingerprint density at radius 3 is 2.79 bits per heavy atom. The maximum Gasteiger partial charge on any atom is 0.220 e. The van der Waals surface area contributed by atoms with Gasteiger partial charge < -0.3 is 15.3 Å². The Kier molecular flexibility index (Phi) is 6.08. The molecule has 0 spiro atoms. The van der Waals surface area contributed by atoms with Gasteiger partial charge in [-0.2, -0.15) is 0 Å². The number of fused-ring (bicyclic) bond motifs is 1. The van der Waals surface area contributed by atoms with E-state index in [4.69, 9.17) is 9.97 Å². The number of benzene rings is 2. The first-order valence-corrected chi connectivity index (χ1v) is 11.6. The van der Waals surface area contributed by atoms with Gasteiger partial charge in [0.1, 0.15) is 11.6 Å². The van der Waals surface area contributed by atoms with Gasteiger partial charge >= 0.3 is 0 Å². The van der Waals surface area contributed by atoms with Crippen LogP contribution in [0.1, 0.15) is 24.1 Å². The Hall–Kier alpha value is -4.00. The van der Waals surface area contributed by atoms with Gasteiger partial charge in [-0.15, -0.1) is 0 Å². The zero-order chi connectivity index (χ0) is 23.5.